The van der Waals surface area contributed by atoms with E-state index in [1.165, 1.54) is 19.1 Å². The highest BCUT2D eigenvalue weighted by molar-refractivity contribution is 8.15. The van der Waals surface area contributed by atoms with Gasteiger partial charge in [-0.25, -0.2) is 13.4 Å². The van der Waals surface area contributed by atoms with Crippen LogP contribution in [0.25, 0.3) is 0 Å². The lowest BCUT2D eigenvalue weighted by atomic mass is 10.2. The monoisotopic (exact) mass is 384 g/mol. The van der Waals surface area contributed by atoms with Gasteiger partial charge in [-0.2, -0.15) is 0 Å². The van der Waals surface area contributed by atoms with Crippen LogP contribution in [-0.2, 0) is 9.05 Å². The molecule has 0 aliphatic carbocycles. The molecule has 1 aromatic carbocycles. The fourth-order valence-electron chi connectivity index (χ4n) is 1.50. The number of aryl methyl sites for hydroxylation is 1. The molecule has 10 heteroatoms. The van der Waals surface area contributed by atoms with Crippen LogP contribution in [0.4, 0.5) is 5.13 Å². The molecule has 21 heavy (non-hydrogen) atoms. The van der Waals surface area contributed by atoms with E-state index in [-0.39, 0.29) is 25.6 Å². The van der Waals surface area contributed by atoms with Crippen molar-refractivity contribution >= 4 is 65.3 Å². The number of hydrogen-bond acceptors (Lipinski definition) is 5. The molecule has 0 radical (unpaired) electrons. The van der Waals surface area contributed by atoms with Crippen molar-refractivity contribution in [2.24, 2.45) is 0 Å². The summed E-state index contributed by atoms with van der Waals surface area (Å²) < 4.78 is 22.5. The SMILES string of the molecule is Cc1nc(NC(=O)c2cc(Cl)ccc2Cl)sc1S(=O)(=O)Cl. The van der Waals surface area contributed by atoms with Crippen LogP contribution in [0, 0.1) is 6.92 Å². The minimum atomic E-state index is -3.90. The van der Waals surface area contributed by atoms with Gasteiger partial charge in [0.25, 0.3) is 15.0 Å². The van der Waals surface area contributed by atoms with Gasteiger partial charge in [0.2, 0.25) is 0 Å². The Kier molecular flexibility index (Phi) is 4.79. The van der Waals surface area contributed by atoms with E-state index >= 15 is 0 Å². The number of hydrogen-bond donors (Lipinski definition) is 1. The normalized spacial score (nSPS) is 11.4. The second-order valence-corrected chi connectivity index (χ2v) is 8.51. The van der Waals surface area contributed by atoms with Gasteiger partial charge in [-0.15, -0.1) is 0 Å². The lowest BCUT2D eigenvalue weighted by Gasteiger charge is -2.04. The zero-order valence-electron chi connectivity index (χ0n) is 10.4. The predicted molar refractivity (Wildman–Crippen MR) is 84.3 cm³/mol. The largest absolute Gasteiger partial charge is 0.298 e. The van der Waals surface area contributed by atoms with E-state index in [9.17, 15) is 13.2 Å². The third kappa shape index (κ3) is 3.87. The van der Waals surface area contributed by atoms with Gasteiger partial charge in [-0.05, 0) is 25.1 Å². The molecule has 1 amide bonds. The molecular weight excluding hydrogens is 379 g/mol. The molecule has 1 heterocycles. The van der Waals surface area contributed by atoms with Crippen LogP contribution in [0.3, 0.4) is 0 Å². The number of rotatable bonds is 3. The number of thiazole rings is 1. The van der Waals surface area contributed by atoms with Crippen LogP contribution in [-0.4, -0.2) is 19.3 Å². The average molecular weight is 386 g/mol. The van der Waals surface area contributed by atoms with E-state index in [4.69, 9.17) is 33.9 Å². The molecule has 112 valence electrons. The molecule has 0 saturated heterocycles. The van der Waals surface area contributed by atoms with Crippen LogP contribution >= 0.6 is 45.2 Å². The lowest BCUT2D eigenvalue weighted by Crippen LogP contribution is -2.12. The minimum Gasteiger partial charge on any atom is -0.298 e. The summed E-state index contributed by atoms with van der Waals surface area (Å²) in [7, 11) is 1.37. The fraction of sp³-hybridized carbons (Fsp3) is 0.0909. The molecule has 0 atom stereocenters. The summed E-state index contributed by atoms with van der Waals surface area (Å²) in [6, 6.07) is 4.44. The first-order chi connectivity index (χ1) is 9.68. The Labute approximate surface area is 139 Å². The van der Waals surface area contributed by atoms with Crippen molar-refractivity contribution in [1.29, 1.82) is 0 Å². The Bertz CT molecular complexity index is 818. The van der Waals surface area contributed by atoms with E-state index in [0.29, 0.717) is 5.02 Å². The molecular formula is C11H7Cl3N2O3S2. The van der Waals surface area contributed by atoms with E-state index in [0.717, 1.165) is 11.3 Å². The van der Waals surface area contributed by atoms with Crippen molar-refractivity contribution < 1.29 is 13.2 Å². The number of amides is 1. The summed E-state index contributed by atoms with van der Waals surface area (Å²) in [6.45, 7) is 1.48. The van der Waals surface area contributed by atoms with Crippen LogP contribution in [0.1, 0.15) is 16.1 Å². The quantitative estimate of drug-likeness (QED) is 0.812. The van der Waals surface area contributed by atoms with Gasteiger partial charge in [-0.1, -0.05) is 34.5 Å². The lowest BCUT2D eigenvalue weighted by molar-refractivity contribution is 0.102. The standard InChI is InChI=1S/C11H7Cl3N2O3S2/c1-5-10(21(14,18)19)20-11(15-5)16-9(17)7-4-6(12)2-3-8(7)13/h2-4H,1H3,(H,15,16,17). The maximum absolute atomic E-state index is 12.1. The number of benzene rings is 1. The predicted octanol–water partition coefficient (Wildman–Crippen LogP) is 3.94. The number of anilines is 1. The first kappa shape index (κ1) is 16.5. The van der Waals surface area contributed by atoms with Gasteiger partial charge in [0, 0.05) is 15.7 Å². The van der Waals surface area contributed by atoms with Gasteiger partial charge in [-0.3, -0.25) is 10.1 Å². The summed E-state index contributed by atoms with van der Waals surface area (Å²) in [5, 5.41) is 3.14. The molecule has 2 aromatic rings. The Hall–Kier alpha value is -0.860. The van der Waals surface area contributed by atoms with Gasteiger partial charge in [0.05, 0.1) is 16.3 Å². The molecule has 0 unspecified atom stereocenters. The number of carbonyl (C=O) groups is 1. The molecule has 0 bridgehead atoms. The maximum Gasteiger partial charge on any atom is 0.272 e. The minimum absolute atomic E-state index is 0.104. The van der Waals surface area contributed by atoms with Crippen LogP contribution < -0.4 is 5.32 Å². The third-order valence-corrected chi connectivity index (χ3v) is 6.19. The summed E-state index contributed by atoms with van der Waals surface area (Å²) in [6.07, 6.45) is 0. The van der Waals surface area contributed by atoms with Crippen molar-refractivity contribution in [3.8, 4) is 0 Å². The van der Waals surface area contributed by atoms with Crippen LogP contribution in [0.2, 0.25) is 10.0 Å². The van der Waals surface area contributed by atoms with Gasteiger partial charge in [0.1, 0.15) is 0 Å². The molecule has 1 aromatic heterocycles. The Morgan fingerprint density at radius 3 is 2.57 bits per heavy atom. The van der Waals surface area contributed by atoms with E-state index in [2.05, 4.69) is 10.3 Å². The topological polar surface area (TPSA) is 76.1 Å². The third-order valence-electron chi connectivity index (χ3n) is 2.37. The summed E-state index contributed by atoms with van der Waals surface area (Å²) in [5.41, 5.74) is 0.370. The van der Waals surface area contributed by atoms with Crippen molar-refractivity contribution in [2.45, 2.75) is 11.1 Å². The first-order valence-corrected chi connectivity index (χ1v) is 9.25. The molecule has 2 rings (SSSR count). The van der Waals surface area contributed by atoms with E-state index < -0.39 is 15.0 Å². The molecule has 0 saturated carbocycles. The number of nitrogens with one attached hydrogen (secondary N) is 1. The maximum atomic E-state index is 12.1. The number of nitrogens with zero attached hydrogens (tertiary/aromatic N) is 1. The number of carbonyl (C=O) groups excluding carboxylic acids is 1. The van der Waals surface area contributed by atoms with Gasteiger partial charge >= 0.3 is 0 Å². The Balaban J connectivity index is 2.30. The molecule has 0 fully saturated rings. The average Bonchev–Trinajstić information content (AvgIpc) is 2.73. The molecule has 0 aliphatic rings. The van der Waals surface area contributed by atoms with Gasteiger partial charge < -0.3 is 0 Å². The molecule has 0 aliphatic heterocycles. The van der Waals surface area contributed by atoms with Crippen molar-refractivity contribution in [2.75, 3.05) is 5.32 Å². The summed E-state index contributed by atoms with van der Waals surface area (Å²) in [4.78, 5) is 16.0. The molecule has 1 N–H and O–H groups in total. The highest BCUT2D eigenvalue weighted by Gasteiger charge is 2.21. The summed E-state index contributed by atoms with van der Waals surface area (Å²) >= 11 is 12.5. The van der Waals surface area contributed by atoms with Crippen LogP contribution in [0.15, 0.2) is 22.4 Å². The Morgan fingerprint density at radius 1 is 1.33 bits per heavy atom. The van der Waals surface area contributed by atoms with Crippen molar-refractivity contribution in [3.05, 3.63) is 39.5 Å². The number of halogens is 3. The highest BCUT2D eigenvalue weighted by Crippen LogP contribution is 2.30. The molecule has 5 nitrogen and oxygen atoms in total. The second-order valence-electron chi connectivity index (χ2n) is 3.91. The van der Waals surface area contributed by atoms with E-state index in [1.54, 1.807) is 6.07 Å². The van der Waals surface area contributed by atoms with Crippen molar-refractivity contribution in [3.63, 3.8) is 0 Å². The fourth-order valence-corrected chi connectivity index (χ4v) is 4.22. The van der Waals surface area contributed by atoms with E-state index in [1.807, 2.05) is 0 Å². The van der Waals surface area contributed by atoms with Crippen LogP contribution in [0.5, 0.6) is 0 Å². The highest BCUT2D eigenvalue weighted by atomic mass is 35.7. The van der Waals surface area contributed by atoms with Crippen molar-refractivity contribution in [1.82, 2.24) is 4.98 Å². The summed E-state index contributed by atoms with van der Waals surface area (Å²) in [5.74, 6) is -0.547. The number of aromatic nitrogens is 1. The zero-order valence-corrected chi connectivity index (χ0v) is 14.3. The smallest absolute Gasteiger partial charge is 0.272 e. The second kappa shape index (κ2) is 6.10. The zero-order chi connectivity index (χ0) is 15.8. The molecule has 0 spiro atoms. The first-order valence-electron chi connectivity index (χ1n) is 5.37. The van der Waals surface area contributed by atoms with Gasteiger partial charge in [0.15, 0.2) is 9.34 Å². The Morgan fingerprint density at radius 2 is 2.00 bits per heavy atom.